The van der Waals surface area contributed by atoms with Crippen molar-refractivity contribution in [2.75, 3.05) is 39.3 Å². The molecule has 0 bridgehead atoms. The number of quaternary nitrogens is 2. The molecule has 0 saturated carbocycles. The molecule has 0 atom stereocenters. The smallest absolute Gasteiger partial charge is 0.416 e. The first kappa shape index (κ1) is 61.5. The van der Waals surface area contributed by atoms with E-state index in [1.54, 1.807) is 9.80 Å². The van der Waals surface area contributed by atoms with Gasteiger partial charge >= 0.3 is 24.7 Å². The van der Waals surface area contributed by atoms with Crippen molar-refractivity contribution in [2.24, 2.45) is 0 Å². The van der Waals surface area contributed by atoms with Crippen LogP contribution in [-0.2, 0) is 24.7 Å². The van der Waals surface area contributed by atoms with Crippen molar-refractivity contribution in [2.45, 2.75) is 66.2 Å². The third-order valence-electron chi connectivity index (χ3n) is 11.8. The zero-order valence-electron chi connectivity index (χ0n) is 40.7. The standard InChI is InChI=1S/2C21H11F7O2.2C6H15N/c2*22-16-10-9-15(11-1-5-13(6-2-11)20(23,24)25)18(19(29)30)17(16)12-3-7-14(8-4-12)21(26,27)28;2*1-4-7(5-2)6-3/h2*1-10H,(H,29,30);2*4-6H2,1-3H3. The average Bonchev–Trinajstić information content (AvgIpc) is 3.34. The van der Waals surface area contributed by atoms with E-state index >= 15 is 0 Å². The topological polar surface area (TPSA) is 89.1 Å². The molecule has 0 saturated heterocycles. The molecule has 400 valence electrons. The van der Waals surface area contributed by atoms with E-state index in [9.17, 15) is 81.3 Å². The van der Waals surface area contributed by atoms with Gasteiger partial charge in [-0.25, -0.2) is 8.78 Å². The van der Waals surface area contributed by atoms with E-state index in [1.165, 1.54) is 39.3 Å². The molecule has 74 heavy (non-hydrogen) atoms. The number of halogens is 14. The predicted molar refractivity (Wildman–Crippen MR) is 248 cm³/mol. The molecular weight excluding hydrogens is 1010 g/mol. The molecule has 0 fully saturated rings. The van der Waals surface area contributed by atoms with Crippen LogP contribution in [0, 0.1) is 11.6 Å². The molecule has 0 aliphatic heterocycles. The lowest BCUT2D eigenvalue weighted by Crippen LogP contribution is -3.11. The Hall–Kier alpha value is -6.80. The van der Waals surface area contributed by atoms with E-state index in [-0.39, 0.29) is 33.4 Å². The van der Waals surface area contributed by atoms with Crippen LogP contribution in [0.5, 0.6) is 0 Å². The van der Waals surface area contributed by atoms with Gasteiger partial charge in [-0.05, 0) is 136 Å². The van der Waals surface area contributed by atoms with Gasteiger partial charge in [-0.1, -0.05) is 60.7 Å². The SMILES string of the molecule is CC[NH+](CC)CC.CC[NH+](CC)CC.O=C([O-])c1c(-c2ccc(C(F)(F)F)cc2)ccc(F)c1-c1ccc(C(F)(F)F)cc1.O=C([O-])c1c(-c2ccc(C(F)(F)F)cc2)ccc(F)c1-c1ccc(C(F)(F)F)cc1. The lowest BCUT2D eigenvalue weighted by Gasteiger charge is -2.18. The summed E-state index contributed by atoms with van der Waals surface area (Å²) in [7, 11) is 0. The largest absolute Gasteiger partial charge is 0.545 e. The van der Waals surface area contributed by atoms with Crippen molar-refractivity contribution in [1.29, 1.82) is 0 Å². The highest BCUT2D eigenvalue weighted by atomic mass is 19.4. The van der Waals surface area contributed by atoms with Crippen LogP contribution in [0.1, 0.15) is 84.5 Å². The molecule has 6 rings (SSSR count). The maximum Gasteiger partial charge on any atom is 0.416 e. The number of carbonyl (C=O) groups is 2. The van der Waals surface area contributed by atoms with Crippen LogP contribution in [0.25, 0.3) is 44.5 Å². The highest BCUT2D eigenvalue weighted by molar-refractivity contribution is 6.03. The minimum Gasteiger partial charge on any atom is -0.545 e. The molecule has 0 radical (unpaired) electrons. The lowest BCUT2D eigenvalue weighted by molar-refractivity contribution is -0.894. The third-order valence-corrected chi connectivity index (χ3v) is 11.8. The molecule has 0 amide bonds. The number of rotatable bonds is 12. The van der Waals surface area contributed by atoms with Crippen molar-refractivity contribution in [3.05, 3.63) is 166 Å². The molecule has 0 spiro atoms. The summed E-state index contributed by atoms with van der Waals surface area (Å²) in [4.78, 5) is 26.9. The van der Waals surface area contributed by atoms with Crippen molar-refractivity contribution < 1.29 is 91.1 Å². The van der Waals surface area contributed by atoms with Gasteiger partial charge in [0.2, 0.25) is 0 Å². The molecule has 20 heteroatoms. The van der Waals surface area contributed by atoms with E-state index in [0.29, 0.717) is 24.3 Å². The Morgan fingerprint density at radius 2 is 0.554 bits per heavy atom. The molecule has 6 nitrogen and oxygen atoms in total. The maximum atomic E-state index is 14.5. The monoisotopic (exact) mass is 1060 g/mol. The number of nitrogens with one attached hydrogen (secondary N) is 2. The Balaban J connectivity index is 0.000000310. The summed E-state index contributed by atoms with van der Waals surface area (Å²) in [5.74, 6) is -5.74. The van der Waals surface area contributed by atoms with Gasteiger partial charge in [-0.15, -0.1) is 0 Å². The second-order valence-electron chi connectivity index (χ2n) is 16.2. The Labute approximate surface area is 418 Å². The summed E-state index contributed by atoms with van der Waals surface area (Å²) in [6.45, 7) is 21.0. The third kappa shape index (κ3) is 16.6. The Bertz CT molecular complexity index is 2540. The van der Waals surface area contributed by atoms with Crippen molar-refractivity contribution in [3.8, 4) is 44.5 Å². The molecule has 0 aliphatic carbocycles. The van der Waals surface area contributed by atoms with E-state index in [0.717, 1.165) is 97.1 Å². The van der Waals surface area contributed by atoms with Crippen LogP contribution in [0.15, 0.2) is 121 Å². The van der Waals surface area contributed by atoms with Gasteiger partial charge in [0.25, 0.3) is 0 Å². The second-order valence-corrected chi connectivity index (χ2v) is 16.2. The Morgan fingerprint density at radius 1 is 0.351 bits per heavy atom. The molecule has 6 aromatic carbocycles. The Kier molecular flexibility index (Phi) is 22.0. The number of hydrogen-bond donors (Lipinski definition) is 2. The average molecular weight is 1060 g/mol. The highest BCUT2D eigenvalue weighted by Crippen LogP contribution is 2.40. The van der Waals surface area contributed by atoms with Crippen molar-refractivity contribution in [1.82, 2.24) is 0 Å². The van der Waals surface area contributed by atoms with Crippen LogP contribution in [0.2, 0.25) is 0 Å². The minimum absolute atomic E-state index is 0.0374. The van der Waals surface area contributed by atoms with E-state index in [2.05, 4.69) is 41.5 Å². The molecule has 0 unspecified atom stereocenters. The summed E-state index contributed by atoms with van der Waals surface area (Å²) in [6.07, 6.45) is -18.5. The van der Waals surface area contributed by atoms with Crippen LogP contribution in [-0.4, -0.2) is 51.2 Å². The quantitative estimate of drug-likeness (QED) is 0.120. The van der Waals surface area contributed by atoms with Crippen LogP contribution in [0.3, 0.4) is 0 Å². The zero-order chi connectivity index (χ0) is 55.9. The fraction of sp³-hybridized carbons (Fsp3) is 0.296. The van der Waals surface area contributed by atoms with Crippen molar-refractivity contribution in [3.63, 3.8) is 0 Å². The number of carboxylic acids is 2. The number of carbonyl (C=O) groups excluding carboxylic acids is 2. The van der Waals surface area contributed by atoms with Gasteiger partial charge in [0, 0.05) is 22.3 Å². The number of alkyl halides is 12. The number of aromatic carboxylic acids is 2. The molecule has 0 aromatic heterocycles. The Morgan fingerprint density at radius 3 is 0.716 bits per heavy atom. The fourth-order valence-corrected chi connectivity index (χ4v) is 7.45. The first-order valence-electron chi connectivity index (χ1n) is 22.9. The number of benzene rings is 6. The summed E-state index contributed by atoms with van der Waals surface area (Å²) >= 11 is 0. The van der Waals surface area contributed by atoms with E-state index < -0.39 is 92.8 Å². The highest BCUT2D eigenvalue weighted by Gasteiger charge is 2.33. The maximum absolute atomic E-state index is 14.5. The predicted octanol–water partition coefficient (Wildman–Crippen LogP) is 11.0. The van der Waals surface area contributed by atoms with Gasteiger partial charge in [-0.2, -0.15) is 52.7 Å². The summed E-state index contributed by atoms with van der Waals surface area (Å²) in [5, 5.41) is 23.5. The van der Waals surface area contributed by atoms with Gasteiger partial charge in [-0.3, -0.25) is 0 Å². The summed E-state index contributed by atoms with van der Waals surface area (Å²) in [5.41, 5.74) is -6.90. The fourth-order valence-electron chi connectivity index (χ4n) is 7.45. The first-order chi connectivity index (χ1) is 34.5. The summed E-state index contributed by atoms with van der Waals surface area (Å²) < 4.78 is 182. The lowest BCUT2D eigenvalue weighted by atomic mass is 9.90. The zero-order valence-corrected chi connectivity index (χ0v) is 40.7. The van der Waals surface area contributed by atoms with Gasteiger partial charge in [0.15, 0.2) is 0 Å². The molecule has 2 N–H and O–H groups in total. The summed E-state index contributed by atoms with van der Waals surface area (Å²) in [6, 6.07) is 17.1. The van der Waals surface area contributed by atoms with Crippen molar-refractivity contribution >= 4 is 11.9 Å². The number of carboxylic acid groups (broad SMARTS) is 2. The first-order valence-corrected chi connectivity index (χ1v) is 22.9. The van der Waals surface area contributed by atoms with Crippen LogP contribution < -0.4 is 20.0 Å². The van der Waals surface area contributed by atoms with Crippen LogP contribution >= 0.6 is 0 Å². The molecule has 0 aliphatic rings. The normalized spacial score (nSPS) is 11.8. The molecular formula is C54H52F14N2O4. The van der Waals surface area contributed by atoms with E-state index in [4.69, 9.17) is 0 Å². The van der Waals surface area contributed by atoms with Gasteiger partial charge in [0.05, 0.1) is 73.5 Å². The minimum atomic E-state index is -4.64. The second kappa shape index (κ2) is 26.4. The molecule has 0 heterocycles. The number of hydrogen-bond acceptors (Lipinski definition) is 4. The van der Waals surface area contributed by atoms with E-state index in [1.807, 2.05) is 0 Å². The van der Waals surface area contributed by atoms with Crippen LogP contribution in [0.4, 0.5) is 61.5 Å². The van der Waals surface area contributed by atoms with Gasteiger partial charge < -0.3 is 29.6 Å². The molecule has 6 aromatic rings. The van der Waals surface area contributed by atoms with Gasteiger partial charge in [0.1, 0.15) is 11.6 Å².